The summed E-state index contributed by atoms with van der Waals surface area (Å²) in [6.07, 6.45) is -0.802. The van der Waals surface area contributed by atoms with Crippen LogP contribution >= 0.6 is 11.8 Å². The molecule has 130 valence electrons. The molecule has 24 heavy (non-hydrogen) atoms. The van der Waals surface area contributed by atoms with Crippen molar-refractivity contribution in [1.82, 2.24) is 9.78 Å². The minimum absolute atomic E-state index is 0.106. The molecule has 1 fully saturated rings. The first kappa shape index (κ1) is 17.2. The van der Waals surface area contributed by atoms with Crippen LogP contribution in [0.2, 0.25) is 0 Å². The summed E-state index contributed by atoms with van der Waals surface area (Å²) in [7, 11) is 1.70. The number of halogens is 2. The van der Waals surface area contributed by atoms with Crippen molar-refractivity contribution < 1.29 is 28.8 Å². The molecule has 2 aromatic rings. The molecule has 0 bridgehead atoms. The highest BCUT2D eigenvalue weighted by Crippen LogP contribution is 2.33. The molecule has 0 amide bonds. The third-order valence-electron chi connectivity index (χ3n) is 3.73. The van der Waals surface area contributed by atoms with Gasteiger partial charge in [0.2, 0.25) is 5.82 Å². The van der Waals surface area contributed by atoms with Gasteiger partial charge in [-0.25, -0.2) is 4.39 Å². The van der Waals surface area contributed by atoms with Gasteiger partial charge in [0.15, 0.2) is 17.0 Å². The lowest BCUT2D eigenvalue weighted by molar-refractivity contribution is -0.0790. The molecule has 0 unspecified atom stereocenters. The lowest BCUT2D eigenvalue weighted by atomic mass is 10.1. The fourth-order valence-electron chi connectivity index (χ4n) is 2.39. The van der Waals surface area contributed by atoms with Crippen molar-refractivity contribution in [3.63, 3.8) is 0 Å². The number of aryl methyl sites for hydroxylation is 1. The van der Waals surface area contributed by atoms with E-state index in [1.807, 2.05) is 0 Å². The molecule has 3 rings (SSSR count). The Morgan fingerprint density at radius 2 is 1.96 bits per heavy atom. The van der Waals surface area contributed by atoms with Crippen molar-refractivity contribution in [3.05, 3.63) is 36.2 Å². The topological polar surface area (TPSA) is 87.7 Å². The number of aliphatic hydroxyl groups is 3. The zero-order chi connectivity index (χ0) is 17.4. The van der Waals surface area contributed by atoms with Gasteiger partial charge in [0.25, 0.3) is 0 Å². The highest BCUT2D eigenvalue weighted by atomic mass is 32.2. The molecule has 6 nitrogen and oxygen atoms in total. The Labute approximate surface area is 140 Å². The van der Waals surface area contributed by atoms with E-state index in [4.69, 9.17) is 4.74 Å². The van der Waals surface area contributed by atoms with Gasteiger partial charge in [0.05, 0.1) is 12.3 Å². The zero-order valence-electron chi connectivity index (χ0n) is 12.6. The fraction of sp³-hybridized carbons (Fsp3) is 0.400. The van der Waals surface area contributed by atoms with Crippen LogP contribution in [0, 0.1) is 11.6 Å². The third kappa shape index (κ3) is 3.25. The molecule has 1 aromatic carbocycles. The Hall–Kier alpha value is -1.68. The quantitative estimate of drug-likeness (QED) is 0.756. The van der Waals surface area contributed by atoms with Crippen LogP contribution in [0.15, 0.2) is 24.5 Å². The van der Waals surface area contributed by atoms with E-state index >= 15 is 0 Å². The molecule has 0 spiro atoms. The molecular formula is C15H16F2N2O4S. The van der Waals surface area contributed by atoms with Crippen molar-refractivity contribution in [3.8, 4) is 16.9 Å². The molecule has 0 saturated carbocycles. The molecule has 1 saturated heterocycles. The lowest BCUT2D eigenvalue weighted by Gasteiger charge is -2.34. The molecule has 0 radical (unpaired) electrons. The average molecular weight is 358 g/mol. The normalized spacial score (nSPS) is 27.2. The molecule has 4 atom stereocenters. The Balaban J connectivity index is 1.89. The van der Waals surface area contributed by atoms with Gasteiger partial charge in [-0.3, -0.25) is 4.68 Å². The van der Waals surface area contributed by atoms with E-state index < -0.39 is 35.4 Å². The van der Waals surface area contributed by atoms with Crippen molar-refractivity contribution in [2.75, 3.05) is 5.75 Å². The van der Waals surface area contributed by atoms with Crippen LogP contribution in [0.3, 0.4) is 0 Å². The fourth-order valence-corrected chi connectivity index (χ4v) is 3.51. The summed E-state index contributed by atoms with van der Waals surface area (Å²) in [5, 5.41) is 33.1. The van der Waals surface area contributed by atoms with Gasteiger partial charge in [-0.05, 0) is 17.7 Å². The molecule has 2 heterocycles. The number of hydrogen-bond donors (Lipinski definition) is 3. The maximum atomic E-state index is 14.0. The summed E-state index contributed by atoms with van der Waals surface area (Å²) >= 11 is 1.01. The number of aromatic nitrogens is 2. The SMILES string of the molecule is Cn1cc(-c2cc(F)c(F)c(O[C@H]3SC[C@@H](O)[C@H](O)[C@H]3O)c2)cn1. The smallest absolute Gasteiger partial charge is 0.200 e. The first-order chi connectivity index (χ1) is 11.4. The van der Waals surface area contributed by atoms with Gasteiger partial charge < -0.3 is 20.1 Å². The van der Waals surface area contributed by atoms with Gasteiger partial charge in [0.1, 0.15) is 12.2 Å². The van der Waals surface area contributed by atoms with E-state index in [0.29, 0.717) is 11.1 Å². The van der Waals surface area contributed by atoms with Gasteiger partial charge in [-0.2, -0.15) is 9.49 Å². The van der Waals surface area contributed by atoms with Crippen LogP contribution in [-0.4, -0.2) is 54.6 Å². The van der Waals surface area contributed by atoms with E-state index in [1.54, 1.807) is 13.2 Å². The van der Waals surface area contributed by atoms with Crippen LogP contribution in [0.5, 0.6) is 5.75 Å². The number of aliphatic hydroxyl groups excluding tert-OH is 3. The summed E-state index contributed by atoms with van der Waals surface area (Å²) < 4.78 is 34.8. The molecular weight excluding hydrogens is 342 g/mol. The minimum Gasteiger partial charge on any atom is -0.474 e. The Kier molecular flexibility index (Phi) is 4.77. The summed E-state index contributed by atoms with van der Waals surface area (Å²) in [6, 6.07) is 2.34. The molecule has 1 aromatic heterocycles. The number of nitrogens with zero attached hydrogens (tertiary/aromatic N) is 2. The van der Waals surface area contributed by atoms with Crippen LogP contribution in [0.25, 0.3) is 11.1 Å². The van der Waals surface area contributed by atoms with Crippen LogP contribution < -0.4 is 4.74 Å². The summed E-state index contributed by atoms with van der Waals surface area (Å²) in [6.45, 7) is 0. The van der Waals surface area contributed by atoms with E-state index in [9.17, 15) is 24.1 Å². The number of hydrogen-bond acceptors (Lipinski definition) is 6. The Bertz CT molecular complexity index is 742. The van der Waals surface area contributed by atoms with Gasteiger partial charge in [-0.1, -0.05) is 0 Å². The maximum Gasteiger partial charge on any atom is 0.200 e. The second-order valence-corrected chi connectivity index (χ2v) is 6.67. The highest BCUT2D eigenvalue weighted by Gasteiger charge is 2.39. The predicted molar refractivity (Wildman–Crippen MR) is 83.5 cm³/mol. The number of thioether (sulfide) groups is 1. The average Bonchev–Trinajstić information content (AvgIpc) is 2.98. The van der Waals surface area contributed by atoms with Gasteiger partial charge in [-0.15, -0.1) is 11.8 Å². The number of benzene rings is 1. The monoisotopic (exact) mass is 358 g/mol. The second-order valence-electron chi connectivity index (χ2n) is 5.54. The largest absolute Gasteiger partial charge is 0.474 e. The van der Waals surface area contributed by atoms with Crippen molar-refractivity contribution in [2.24, 2.45) is 7.05 Å². The van der Waals surface area contributed by atoms with Gasteiger partial charge in [0, 0.05) is 24.6 Å². The first-order valence-corrected chi connectivity index (χ1v) is 8.22. The molecule has 9 heteroatoms. The third-order valence-corrected chi connectivity index (χ3v) is 4.97. The summed E-state index contributed by atoms with van der Waals surface area (Å²) in [4.78, 5) is 0. The zero-order valence-corrected chi connectivity index (χ0v) is 13.5. The first-order valence-electron chi connectivity index (χ1n) is 7.17. The van der Waals surface area contributed by atoms with Crippen molar-refractivity contribution in [2.45, 2.75) is 23.7 Å². The molecule has 3 N–H and O–H groups in total. The van der Waals surface area contributed by atoms with E-state index in [1.165, 1.54) is 16.9 Å². The lowest BCUT2D eigenvalue weighted by Crippen LogP contribution is -2.50. The van der Waals surface area contributed by atoms with E-state index in [2.05, 4.69) is 5.10 Å². The summed E-state index contributed by atoms with van der Waals surface area (Å²) in [5.41, 5.74) is -0.0807. The predicted octanol–water partition coefficient (Wildman–Crippen LogP) is 0.900. The summed E-state index contributed by atoms with van der Waals surface area (Å²) in [5.74, 6) is -2.55. The Morgan fingerprint density at radius 1 is 1.21 bits per heavy atom. The van der Waals surface area contributed by atoms with E-state index in [-0.39, 0.29) is 11.5 Å². The van der Waals surface area contributed by atoms with Crippen LogP contribution in [-0.2, 0) is 7.05 Å². The highest BCUT2D eigenvalue weighted by molar-refractivity contribution is 7.99. The number of rotatable bonds is 3. The van der Waals surface area contributed by atoms with Crippen molar-refractivity contribution >= 4 is 11.8 Å². The Morgan fingerprint density at radius 3 is 2.62 bits per heavy atom. The second kappa shape index (κ2) is 6.67. The van der Waals surface area contributed by atoms with Crippen molar-refractivity contribution in [1.29, 1.82) is 0 Å². The standard InChI is InChI=1S/C15H16F2N2O4S/c1-19-5-8(4-18-19)7-2-9(16)12(17)11(3-7)23-15-14(22)13(21)10(20)6-24-15/h2-5,10,13-15,20-22H,6H2,1H3/t10-,13+,14-,15+/m1/s1. The molecule has 1 aliphatic heterocycles. The van der Waals surface area contributed by atoms with Crippen LogP contribution in [0.1, 0.15) is 0 Å². The van der Waals surface area contributed by atoms with Gasteiger partial charge >= 0.3 is 0 Å². The van der Waals surface area contributed by atoms with E-state index in [0.717, 1.165) is 17.8 Å². The molecule has 1 aliphatic rings. The number of ether oxygens (including phenoxy) is 1. The minimum atomic E-state index is -1.43. The molecule has 0 aliphatic carbocycles. The van der Waals surface area contributed by atoms with Crippen LogP contribution in [0.4, 0.5) is 8.78 Å². The maximum absolute atomic E-state index is 14.0.